The molecular formula is C18H19NO3. The average molecular weight is 297 g/mol. The summed E-state index contributed by atoms with van der Waals surface area (Å²) in [6.07, 6.45) is 0.771. The van der Waals surface area contributed by atoms with E-state index in [-0.39, 0.29) is 18.6 Å². The highest BCUT2D eigenvalue weighted by atomic mass is 16.5. The summed E-state index contributed by atoms with van der Waals surface area (Å²) in [5.41, 5.74) is 2.13. The average Bonchev–Trinajstić information content (AvgIpc) is 2.53. The zero-order chi connectivity index (χ0) is 15.4. The Hall–Kier alpha value is -2.49. The molecule has 2 aromatic carbocycles. The van der Waals surface area contributed by atoms with E-state index >= 15 is 0 Å². The van der Waals surface area contributed by atoms with Crippen LogP contribution in [0.5, 0.6) is 11.5 Å². The molecule has 0 saturated heterocycles. The minimum absolute atomic E-state index is 0.0152. The normalized spacial score (nSPS) is 16.3. The molecule has 1 heterocycles. The van der Waals surface area contributed by atoms with Crippen molar-refractivity contribution >= 4 is 5.91 Å². The number of rotatable bonds is 4. The second kappa shape index (κ2) is 6.52. The SMILES string of the molecule is Cc1cccc(OCC(=O)N[C@H]2CCOc3ccccc32)c1. The second-order valence-electron chi connectivity index (χ2n) is 5.40. The van der Waals surface area contributed by atoms with Crippen LogP contribution in [0.25, 0.3) is 0 Å². The number of benzene rings is 2. The monoisotopic (exact) mass is 297 g/mol. The molecule has 4 nitrogen and oxygen atoms in total. The molecular weight excluding hydrogens is 278 g/mol. The number of carbonyl (C=O) groups is 1. The maximum Gasteiger partial charge on any atom is 0.258 e. The molecule has 1 aliphatic rings. The van der Waals surface area contributed by atoms with Gasteiger partial charge in [-0.05, 0) is 30.7 Å². The Balaban J connectivity index is 1.59. The lowest BCUT2D eigenvalue weighted by molar-refractivity contribution is -0.124. The van der Waals surface area contributed by atoms with Crippen LogP contribution in [0, 0.1) is 6.92 Å². The maximum absolute atomic E-state index is 12.1. The number of fused-ring (bicyclic) bond motifs is 1. The standard InChI is InChI=1S/C18H19NO3/c1-13-5-4-6-14(11-13)22-12-18(20)19-16-9-10-21-17-8-3-2-7-15(16)17/h2-8,11,16H,9-10,12H2,1H3,(H,19,20)/t16-/m0/s1. The summed E-state index contributed by atoms with van der Waals surface area (Å²) in [4.78, 5) is 12.1. The first-order chi connectivity index (χ1) is 10.7. The molecule has 0 saturated carbocycles. The Morgan fingerprint density at radius 2 is 2.14 bits per heavy atom. The first-order valence-electron chi connectivity index (χ1n) is 7.43. The fourth-order valence-electron chi connectivity index (χ4n) is 2.58. The number of amides is 1. The van der Waals surface area contributed by atoms with Crippen LogP contribution >= 0.6 is 0 Å². The molecule has 4 heteroatoms. The summed E-state index contributed by atoms with van der Waals surface area (Å²) in [5, 5.41) is 3.02. The van der Waals surface area contributed by atoms with E-state index in [1.54, 1.807) is 0 Å². The number of nitrogens with one attached hydrogen (secondary N) is 1. The van der Waals surface area contributed by atoms with Crippen molar-refractivity contribution in [2.45, 2.75) is 19.4 Å². The Morgan fingerprint density at radius 3 is 3.00 bits per heavy atom. The van der Waals surface area contributed by atoms with Gasteiger partial charge in [0.2, 0.25) is 0 Å². The van der Waals surface area contributed by atoms with Gasteiger partial charge in [-0.1, -0.05) is 30.3 Å². The summed E-state index contributed by atoms with van der Waals surface area (Å²) in [7, 11) is 0. The van der Waals surface area contributed by atoms with Crippen molar-refractivity contribution < 1.29 is 14.3 Å². The van der Waals surface area contributed by atoms with Crippen LogP contribution in [-0.2, 0) is 4.79 Å². The Bertz CT molecular complexity index is 669. The lowest BCUT2D eigenvalue weighted by Crippen LogP contribution is -2.35. The van der Waals surface area contributed by atoms with Crippen LogP contribution in [0.4, 0.5) is 0 Å². The molecule has 0 aliphatic carbocycles. The minimum atomic E-state index is -0.122. The van der Waals surface area contributed by atoms with Crippen molar-refractivity contribution in [2.75, 3.05) is 13.2 Å². The first-order valence-corrected chi connectivity index (χ1v) is 7.43. The molecule has 114 valence electrons. The van der Waals surface area contributed by atoms with Crippen molar-refractivity contribution in [1.82, 2.24) is 5.32 Å². The topological polar surface area (TPSA) is 47.6 Å². The molecule has 0 radical (unpaired) electrons. The molecule has 1 N–H and O–H groups in total. The van der Waals surface area contributed by atoms with Gasteiger partial charge >= 0.3 is 0 Å². The molecule has 3 rings (SSSR count). The van der Waals surface area contributed by atoms with Crippen LogP contribution in [0.15, 0.2) is 48.5 Å². The number of hydrogen-bond donors (Lipinski definition) is 1. The van der Waals surface area contributed by atoms with Crippen molar-refractivity contribution in [1.29, 1.82) is 0 Å². The largest absolute Gasteiger partial charge is 0.493 e. The Labute approximate surface area is 130 Å². The molecule has 1 atom stereocenters. The van der Waals surface area contributed by atoms with Gasteiger partial charge in [0.05, 0.1) is 12.6 Å². The second-order valence-corrected chi connectivity index (χ2v) is 5.40. The predicted molar refractivity (Wildman–Crippen MR) is 84.1 cm³/mol. The molecule has 1 aliphatic heterocycles. The molecule has 0 aromatic heterocycles. The van der Waals surface area contributed by atoms with E-state index in [1.807, 2.05) is 55.5 Å². The van der Waals surface area contributed by atoms with Gasteiger partial charge < -0.3 is 14.8 Å². The van der Waals surface area contributed by atoms with Crippen LogP contribution in [-0.4, -0.2) is 19.1 Å². The number of para-hydroxylation sites is 1. The van der Waals surface area contributed by atoms with Crippen molar-refractivity contribution in [3.63, 3.8) is 0 Å². The smallest absolute Gasteiger partial charge is 0.258 e. The predicted octanol–water partition coefficient (Wildman–Crippen LogP) is 3.01. The fourth-order valence-corrected chi connectivity index (χ4v) is 2.58. The Morgan fingerprint density at radius 1 is 1.27 bits per heavy atom. The molecule has 0 fully saturated rings. The van der Waals surface area contributed by atoms with E-state index in [0.717, 1.165) is 23.3 Å². The highest BCUT2D eigenvalue weighted by Gasteiger charge is 2.22. The van der Waals surface area contributed by atoms with Gasteiger partial charge in [-0.3, -0.25) is 4.79 Å². The molecule has 22 heavy (non-hydrogen) atoms. The van der Waals surface area contributed by atoms with E-state index in [9.17, 15) is 4.79 Å². The zero-order valence-corrected chi connectivity index (χ0v) is 12.5. The third-order valence-corrected chi connectivity index (χ3v) is 3.65. The zero-order valence-electron chi connectivity index (χ0n) is 12.5. The van der Waals surface area contributed by atoms with Gasteiger partial charge in [0.15, 0.2) is 6.61 Å². The highest BCUT2D eigenvalue weighted by Crippen LogP contribution is 2.31. The number of carbonyl (C=O) groups excluding carboxylic acids is 1. The molecule has 0 unspecified atom stereocenters. The number of ether oxygens (including phenoxy) is 2. The summed E-state index contributed by atoms with van der Waals surface area (Å²) in [5.74, 6) is 1.43. The van der Waals surface area contributed by atoms with E-state index < -0.39 is 0 Å². The molecule has 2 aromatic rings. The van der Waals surface area contributed by atoms with E-state index in [2.05, 4.69) is 5.32 Å². The minimum Gasteiger partial charge on any atom is -0.493 e. The third kappa shape index (κ3) is 3.39. The summed E-state index contributed by atoms with van der Waals surface area (Å²) in [6, 6.07) is 15.5. The first kappa shape index (κ1) is 14.4. The van der Waals surface area contributed by atoms with E-state index in [1.165, 1.54) is 0 Å². The van der Waals surface area contributed by atoms with Crippen molar-refractivity contribution in [3.05, 3.63) is 59.7 Å². The summed E-state index contributed by atoms with van der Waals surface area (Å²) < 4.78 is 11.1. The van der Waals surface area contributed by atoms with Crippen molar-refractivity contribution in [3.8, 4) is 11.5 Å². The van der Waals surface area contributed by atoms with E-state index in [0.29, 0.717) is 12.4 Å². The van der Waals surface area contributed by atoms with Gasteiger partial charge in [0, 0.05) is 12.0 Å². The Kier molecular flexibility index (Phi) is 4.28. The molecule has 1 amide bonds. The van der Waals surface area contributed by atoms with Crippen LogP contribution in [0.1, 0.15) is 23.6 Å². The highest BCUT2D eigenvalue weighted by molar-refractivity contribution is 5.78. The summed E-state index contributed by atoms with van der Waals surface area (Å²) >= 11 is 0. The lowest BCUT2D eigenvalue weighted by Gasteiger charge is -2.26. The lowest BCUT2D eigenvalue weighted by atomic mass is 10.0. The number of aryl methyl sites for hydroxylation is 1. The van der Waals surface area contributed by atoms with Crippen LogP contribution in [0.3, 0.4) is 0 Å². The number of hydrogen-bond acceptors (Lipinski definition) is 3. The van der Waals surface area contributed by atoms with Crippen LogP contribution in [0.2, 0.25) is 0 Å². The van der Waals surface area contributed by atoms with Gasteiger partial charge in [-0.25, -0.2) is 0 Å². The quantitative estimate of drug-likeness (QED) is 0.943. The maximum atomic E-state index is 12.1. The van der Waals surface area contributed by atoms with Gasteiger partial charge in [-0.15, -0.1) is 0 Å². The summed E-state index contributed by atoms with van der Waals surface area (Å²) in [6.45, 7) is 2.62. The molecule has 0 bridgehead atoms. The van der Waals surface area contributed by atoms with Gasteiger partial charge in [0.25, 0.3) is 5.91 Å². The molecule has 0 spiro atoms. The van der Waals surface area contributed by atoms with Crippen molar-refractivity contribution in [2.24, 2.45) is 0 Å². The third-order valence-electron chi connectivity index (χ3n) is 3.65. The fraction of sp³-hybridized carbons (Fsp3) is 0.278. The van der Waals surface area contributed by atoms with Gasteiger partial charge in [-0.2, -0.15) is 0 Å². The van der Waals surface area contributed by atoms with E-state index in [4.69, 9.17) is 9.47 Å². The van der Waals surface area contributed by atoms with Crippen LogP contribution < -0.4 is 14.8 Å². The van der Waals surface area contributed by atoms with Gasteiger partial charge in [0.1, 0.15) is 11.5 Å².